The van der Waals surface area contributed by atoms with Crippen molar-refractivity contribution in [2.75, 3.05) is 6.54 Å². The van der Waals surface area contributed by atoms with Crippen LogP contribution in [-0.2, 0) is 17.9 Å². The number of para-hydroxylation sites is 2. The number of amides is 1. The average molecular weight is 347 g/mol. The topological polar surface area (TPSA) is 38.1 Å². The first kappa shape index (κ1) is 16.8. The fourth-order valence-electron chi connectivity index (χ4n) is 3.86. The highest BCUT2D eigenvalue weighted by Crippen LogP contribution is 2.31. The van der Waals surface area contributed by atoms with Crippen molar-refractivity contribution in [3.8, 4) is 0 Å². The molecule has 4 heteroatoms. The summed E-state index contributed by atoms with van der Waals surface area (Å²) in [6.45, 7) is 4.61. The number of hydrogen-bond acceptors (Lipinski definition) is 2. The van der Waals surface area contributed by atoms with Crippen LogP contribution in [0.5, 0.6) is 0 Å². The smallest absolute Gasteiger partial charge is 0.223 e. The molecule has 2 aromatic carbocycles. The van der Waals surface area contributed by atoms with Crippen molar-refractivity contribution >= 4 is 16.9 Å². The molecule has 1 aliphatic heterocycles. The predicted octanol–water partition coefficient (Wildman–Crippen LogP) is 4.35. The van der Waals surface area contributed by atoms with Gasteiger partial charge in [-0.3, -0.25) is 4.79 Å². The van der Waals surface area contributed by atoms with Crippen LogP contribution in [0.3, 0.4) is 0 Å². The van der Waals surface area contributed by atoms with Gasteiger partial charge in [-0.2, -0.15) is 0 Å². The molecule has 0 bridgehead atoms. The van der Waals surface area contributed by atoms with Gasteiger partial charge in [0.25, 0.3) is 0 Å². The van der Waals surface area contributed by atoms with Gasteiger partial charge in [0.05, 0.1) is 11.0 Å². The Morgan fingerprint density at radius 1 is 1.08 bits per heavy atom. The van der Waals surface area contributed by atoms with Crippen LogP contribution in [-0.4, -0.2) is 26.9 Å². The first-order valence-corrected chi connectivity index (χ1v) is 9.53. The number of imidazole rings is 1. The number of carbonyl (C=O) groups is 1. The van der Waals surface area contributed by atoms with Crippen molar-refractivity contribution in [2.24, 2.45) is 0 Å². The molecular formula is C22H25N3O. The minimum Gasteiger partial charge on any atom is -0.338 e. The van der Waals surface area contributed by atoms with E-state index in [0.717, 1.165) is 37.3 Å². The van der Waals surface area contributed by atoms with Crippen molar-refractivity contribution in [3.63, 3.8) is 0 Å². The molecule has 4 nitrogen and oxygen atoms in total. The molecule has 1 fully saturated rings. The Kier molecular flexibility index (Phi) is 4.74. The monoisotopic (exact) mass is 347 g/mol. The van der Waals surface area contributed by atoms with Crippen LogP contribution in [0.2, 0.25) is 0 Å². The Morgan fingerprint density at radius 2 is 1.85 bits per heavy atom. The maximum atomic E-state index is 12.6. The van der Waals surface area contributed by atoms with E-state index in [1.807, 2.05) is 29.2 Å². The second-order valence-electron chi connectivity index (χ2n) is 7.12. The van der Waals surface area contributed by atoms with Crippen LogP contribution in [0.15, 0.2) is 54.6 Å². The van der Waals surface area contributed by atoms with Gasteiger partial charge in [-0.05, 0) is 24.1 Å². The summed E-state index contributed by atoms with van der Waals surface area (Å²) >= 11 is 0. The van der Waals surface area contributed by atoms with Gasteiger partial charge < -0.3 is 9.47 Å². The van der Waals surface area contributed by atoms with E-state index in [-0.39, 0.29) is 11.8 Å². The highest BCUT2D eigenvalue weighted by atomic mass is 16.2. The maximum absolute atomic E-state index is 12.6. The number of likely N-dealkylation sites (tertiary alicyclic amines) is 1. The van der Waals surface area contributed by atoms with Gasteiger partial charge in [0.15, 0.2) is 0 Å². The Balaban J connectivity index is 1.60. The molecule has 1 saturated heterocycles. The van der Waals surface area contributed by atoms with Gasteiger partial charge in [0, 0.05) is 32.0 Å². The molecule has 2 heterocycles. The van der Waals surface area contributed by atoms with Crippen LogP contribution >= 0.6 is 0 Å². The van der Waals surface area contributed by atoms with Crippen molar-refractivity contribution in [2.45, 2.75) is 45.2 Å². The van der Waals surface area contributed by atoms with E-state index in [9.17, 15) is 4.79 Å². The zero-order valence-electron chi connectivity index (χ0n) is 15.3. The van der Waals surface area contributed by atoms with Crippen molar-refractivity contribution < 1.29 is 4.79 Å². The van der Waals surface area contributed by atoms with Crippen LogP contribution in [0.25, 0.3) is 11.0 Å². The minimum absolute atomic E-state index is 0.176. The van der Waals surface area contributed by atoms with Gasteiger partial charge in [0.2, 0.25) is 5.91 Å². The molecule has 1 amide bonds. The lowest BCUT2D eigenvalue weighted by Crippen LogP contribution is -2.24. The van der Waals surface area contributed by atoms with Crippen LogP contribution < -0.4 is 0 Å². The maximum Gasteiger partial charge on any atom is 0.223 e. The molecule has 1 aliphatic rings. The summed E-state index contributed by atoms with van der Waals surface area (Å²) in [4.78, 5) is 19.5. The van der Waals surface area contributed by atoms with Crippen molar-refractivity contribution in [1.29, 1.82) is 0 Å². The van der Waals surface area contributed by atoms with E-state index in [0.29, 0.717) is 13.0 Å². The third kappa shape index (κ3) is 3.24. The highest BCUT2D eigenvalue weighted by Gasteiger charge is 2.33. The quantitative estimate of drug-likeness (QED) is 0.665. The Hall–Kier alpha value is -2.62. The molecular weight excluding hydrogens is 322 g/mol. The van der Waals surface area contributed by atoms with Gasteiger partial charge in [-0.15, -0.1) is 0 Å². The third-order valence-corrected chi connectivity index (χ3v) is 5.22. The minimum atomic E-state index is 0.176. The van der Waals surface area contributed by atoms with E-state index in [1.165, 1.54) is 11.1 Å². The summed E-state index contributed by atoms with van der Waals surface area (Å²) < 4.78 is 2.34. The van der Waals surface area contributed by atoms with E-state index < -0.39 is 0 Å². The number of nitrogens with zero attached hydrogens (tertiary/aromatic N) is 3. The number of aromatic nitrogens is 2. The first-order chi connectivity index (χ1) is 12.8. The number of aryl methyl sites for hydroxylation is 1. The van der Waals surface area contributed by atoms with Gasteiger partial charge in [-0.25, -0.2) is 4.98 Å². The molecule has 0 aliphatic carbocycles. The lowest BCUT2D eigenvalue weighted by atomic mass is 10.1. The van der Waals surface area contributed by atoms with Crippen LogP contribution in [0.1, 0.15) is 43.5 Å². The van der Waals surface area contributed by atoms with E-state index in [4.69, 9.17) is 4.98 Å². The number of rotatable bonds is 6. The van der Waals surface area contributed by atoms with E-state index >= 15 is 0 Å². The van der Waals surface area contributed by atoms with Crippen molar-refractivity contribution in [1.82, 2.24) is 14.5 Å². The van der Waals surface area contributed by atoms with Gasteiger partial charge in [-0.1, -0.05) is 55.8 Å². The molecule has 0 saturated carbocycles. The molecule has 1 aromatic heterocycles. The van der Waals surface area contributed by atoms with E-state index in [2.05, 4.69) is 41.8 Å². The summed E-state index contributed by atoms with van der Waals surface area (Å²) in [6, 6.07) is 18.5. The lowest BCUT2D eigenvalue weighted by molar-refractivity contribution is -0.128. The molecule has 3 aromatic rings. The summed E-state index contributed by atoms with van der Waals surface area (Å²) in [5.41, 5.74) is 3.40. The fourth-order valence-corrected chi connectivity index (χ4v) is 3.86. The zero-order chi connectivity index (χ0) is 17.9. The Bertz CT molecular complexity index is 900. The fraction of sp³-hybridized carbons (Fsp3) is 0.364. The van der Waals surface area contributed by atoms with Crippen LogP contribution in [0, 0.1) is 0 Å². The second-order valence-corrected chi connectivity index (χ2v) is 7.12. The van der Waals surface area contributed by atoms with Gasteiger partial charge in [0.1, 0.15) is 5.82 Å². The summed E-state index contributed by atoms with van der Waals surface area (Å²) in [7, 11) is 0. The molecule has 134 valence electrons. The standard InChI is InChI=1S/C22H25N3O/c1-2-3-13-25-20-12-8-7-11-19(20)23-22(25)18-14-21(26)24(16-18)15-17-9-5-4-6-10-17/h4-12,18H,2-3,13-16H2,1H3/t18-/m1/s1. The van der Waals surface area contributed by atoms with E-state index in [1.54, 1.807) is 0 Å². The SMILES string of the molecule is CCCCn1c([C@@H]2CC(=O)N(Cc3ccccc3)C2)nc2ccccc21. The summed E-state index contributed by atoms with van der Waals surface area (Å²) in [6.07, 6.45) is 2.83. The summed E-state index contributed by atoms with van der Waals surface area (Å²) in [5, 5.41) is 0. The average Bonchev–Trinajstić information content (AvgIpc) is 3.21. The number of fused-ring (bicyclic) bond motifs is 1. The number of benzene rings is 2. The Morgan fingerprint density at radius 3 is 2.65 bits per heavy atom. The molecule has 0 radical (unpaired) electrons. The Labute approximate surface area is 154 Å². The van der Waals surface area contributed by atoms with Gasteiger partial charge >= 0.3 is 0 Å². The number of carbonyl (C=O) groups excluding carboxylic acids is 1. The molecule has 4 rings (SSSR count). The van der Waals surface area contributed by atoms with Crippen LogP contribution in [0.4, 0.5) is 0 Å². The summed E-state index contributed by atoms with van der Waals surface area (Å²) in [5.74, 6) is 1.48. The second kappa shape index (κ2) is 7.32. The molecule has 0 spiro atoms. The number of unbranched alkanes of at least 4 members (excludes halogenated alkanes) is 1. The zero-order valence-corrected chi connectivity index (χ0v) is 15.3. The highest BCUT2D eigenvalue weighted by molar-refractivity contribution is 5.81. The molecule has 26 heavy (non-hydrogen) atoms. The molecule has 1 atom stereocenters. The number of hydrogen-bond donors (Lipinski definition) is 0. The van der Waals surface area contributed by atoms with Crippen molar-refractivity contribution in [3.05, 3.63) is 66.0 Å². The normalized spacial score (nSPS) is 17.3. The molecule has 0 N–H and O–H groups in total. The first-order valence-electron chi connectivity index (χ1n) is 9.53. The molecule has 0 unspecified atom stereocenters. The lowest BCUT2D eigenvalue weighted by Gasteiger charge is -2.17. The third-order valence-electron chi connectivity index (χ3n) is 5.22. The predicted molar refractivity (Wildman–Crippen MR) is 104 cm³/mol. The largest absolute Gasteiger partial charge is 0.338 e.